The predicted molar refractivity (Wildman–Crippen MR) is 62.8 cm³/mol. The van der Waals surface area contributed by atoms with E-state index in [1.807, 2.05) is 0 Å². The van der Waals surface area contributed by atoms with Crippen molar-refractivity contribution in [2.24, 2.45) is 5.41 Å². The Kier molecular flexibility index (Phi) is 3.28. The second-order valence-electron chi connectivity index (χ2n) is 4.57. The average Bonchev–Trinajstić information content (AvgIpc) is 3.08. The molecule has 0 unspecified atom stereocenters. The minimum atomic E-state index is -0.378. The minimum Gasteiger partial charge on any atom is -0.396 e. The summed E-state index contributed by atoms with van der Waals surface area (Å²) in [6.45, 7) is 0.669. The highest BCUT2D eigenvalue weighted by molar-refractivity contribution is 5.93. The monoisotopic (exact) mass is 236 g/mol. The fraction of sp³-hybridized carbons (Fsp3) is 0.500. The molecule has 1 heterocycles. The first-order valence-electron chi connectivity index (χ1n) is 5.74. The Bertz CT molecular complexity index is 463. The molecule has 0 aromatic carbocycles. The van der Waals surface area contributed by atoms with Crippen molar-refractivity contribution < 1.29 is 9.90 Å². The van der Waals surface area contributed by atoms with Crippen LogP contribution in [0.25, 0.3) is 0 Å². The van der Waals surface area contributed by atoms with E-state index < -0.39 is 0 Å². The van der Waals surface area contributed by atoms with E-state index in [0.29, 0.717) is 13.0 Å². The van der Waals surface area contributed by atoms with Gasteiger partial charge in [0, 0.05) is 19.3 Å². The van der Waals surface area contributed by atoms with E-state index in [-0.39, 0.29) is 29.1 Å². The number of hydrogen-bond acceptors (Lipinski definition) is 3. The summed E-state index contributed by atoms with van der Waals surface area (Å²) in [5.41, 5.74) is -0.185. The van der Waals surface area contributed by atoms with Gasteiger partial charge in [0.05, 0.1) is 0 Å². The molecule has 1 aliphatic rings. The maximum atomic E-state index is 11.8. The highest BCUT2D eigenvalue weighted by Gasteiger charge is 2.41. The van der Waals surface area contributed by atoms with E-state index >= 15 is 0 Å². The number of amides is 1. The zero-order valence-electron chi connectivity index (χ0n) is 9.53. The quantitative estimate of drug-likeness (QED) is 0.686. The molecule has 1 aromatic heterocycles. The van der Waals surface area contributed by atoms with Crippen molar-refractivity contribution in [2.45, 2.75) is 19.3 Å². The summed E-state index contributed by atoms with van der Waals surface area (Å²) in [4.78, 5) is 25.6. The predicted octanol–water partition coefficient (Wildman–Crippen LogP) is 0.267. The van der Waals surface area contributed by atoms with Crippen LogP contribution in [-0.2, 0) is 0 Å². The summed E-state index contributed by atoms with van der Waals surface area (Å²) in [5, 5.41) is 11.7. The third-order valence-electron chi connectivity index (χ3n) is 3.29. The van der Waals surface area contributed by atoms with Crippen LogP contribution in [0.5, 0.6) is 0 Å². The Labute approximate surface area is 98.9 Å². The maximum absolute atomic E-state index is 11.8. The average molecular weight is 236 g/mol. The zero-order valence-corrected chi connectivity index (χ0v) is 9.53. The zero-order chi connectivity index (χ0) is 12.3. The number of rotatable bonds is 5. The lowest BCUT2D eigenvalue weighted by Gasteiger charge is -2.14. The minimum absolute atomic E-state index is 0.0615. The standard InChI is InChI=1S/C12H16N2O3/c15-7-5-12(3-4-12)8-14-11(17)9-2-1-6-13-10(9)16/h1-2,6,15H,3-5,7-8H2,(H,13,16)(H,14,17). The molecule has 0 radical (unpaired) electrons. The lowest BCUT2D eigenvalue weighted by atomic mass is 10.0. The second-order valence-corrected chi connectivity index (χ2v) is 4.57. The van der Waals surface area contributed by atoms with Gasteiger partial charge in [0.25, 0.3) is 11.5 Å². The first-order chi connectivity index (χ1) is 8.17. The molecule has 1 saturated carbocycles. The lowest BCUT2D eigenvalue weighted by Crippen LogP contribution is -2.34. The van der Waals surface area contributed by atoms with Gasteiger partial charge in [-0.25, -0.2) is 0 Å². The first kappa shape index (κ1) is 11.9. The van der Waals surface area contributed by atoms with Gasteiger partial charge in [0.2, 0.25) is 0 Å². The molecule has 5 nitrogen and oxygen atoms in total. The van der Waals surface area contributed by atoms with Gasteiger partial charge >= 0.3 is 0 Å². The molecule has 3 N–H and O–H groups in total. The van der Waals surface area contributed by atoms with Gasteiger partial charge in [-0.15, -0.1) is 0 Å². The summed E-state index contributed by atoms with van der Waals surface area (Å²) in [6, 6.07) is 3.12. The molecular formula is C12H16N2O3. The summed E-state index contributed by atoms with van der Waals surface area (Å²) in [5.74, 6) is -0.351. The Morgan fingerprint density at radius 2 is 2.29 bits per heavy atom. The molecule has 2 rings (SSSR count). The third-order valence-corrected chi connectivity index (χ3v) is 3.29. The van der Waals surface area contributed by atoms with Crippen molar-refractivity contribution >= 4 is 5.91 Å². The molecule has 17 heavy (non-hydrogen) atoms. The number of hydrogen-bond donors (Lipinski definition) is 3. The van der Waals surface area contributed by atoms with Crippen molar-refractivity contribution in [2.75, 3.05) is 13.2 Å². The van der Waals surface area contributed by atoms with Crippen LogP contribution in [0, 0.1) is 5.41 Å². The van der Waals surface area contributed by atoms with Crippen LogP contribution in [-0.4, -0.2) is 29.1 Å². The van der Waals surface area contributed by atoms with Gasteiger partial charge in [-0.1, -0.05) is 0 Å². The molecule has 0 atom stereocenters. The van der Waals surface area contributed by atoms with Gasteiger partial charge in [-0.2, -0.15) is 0 Å². The molecule has 0 bridgehead atoms. The first-order valence-corrected chi connectivity index (χ1v) is 5.74. The maximum Gasteiger partial charge on any atom is 0.260 e. The van der Waals surface area contributed by atoms with Crippen molar-refractivity contribution in [1.82, 2.24) is 10.3 Å². The number of aliphatic hydroxyl groups excluding tert-OH is 1. The Morgan fingerprint density at radius 3 is 2.88 bits per heavy atom. The molecule has 1 aromatic rings. The lowest BCUT2D eigenvalue weighted by molar-refractivity contribution is 0.0939. The van der Waals surface area contributed by atoms with Crippen molar-refractivity contribution in [3.8, 4) is 0 Å². The molecular weight excluding hydrogens is 220 g/mol. The van der Waals surface area contributed by atoms with Crippen molar-refractivity contribution in [3.63, 3.8) is 0 Å². The normalized spacial score (nSPS) is 16.5. The Hall–Kier alpha value is -1.62. The number of pyridine rings is 1. The van der Waals surface area contributed by atoms with Crippen LogP contribution in [0.2, 0.25) is 0 Å². The topological polar surface area (TPSA) is 82.2 Å². The van der Waals surface area contributed by atoms with Crippen molar-refractivity contribution in [1.29, 1.82) is 0 Å². The van der Waals surface area contributed by atoms with Crippen LogP contribution < -0.4 is 10.9 Å². The number of carbonyl (C=O) groups is 1. The second kappa shape index (κ2) is 4.71. The van der Waals surface area contributed by atoms with E-state index in [1.54, 1.807) is 6.07 Å². The molecule has 0 saturated heterocycles. The Balaban J connectivity index is 1.94. The fourth-order valence-electron chi connectivity index (χ4n) is 1.89. The smallest absolute Gasteiger partial charge is 0.260 e. The molecule has 1 fully saturated rings. The number of nitrogens with one attached hydrogen (secondary N) is 2. The number of aromatic amines is 1. The molecule has 5 heteroatoms. The molecule has 0 spiro atoms. The fourth-order valence-corrected chi connectivity index (χ4v) is 1.89. The highest BCUT2D eigenvalue weighted by Crippen LogP contribution is 2.47. The number of aromatic nitrogens is 1. The van der Waals surface area contributed by atoms with Crippen LogP contribution in [0.3, 0.4) is 0 Å². The molecule has 1 amide bonds. The van der Waals surface area contributed by atoms with E-state index in [1.165, 1.54) is 12.3 Å². The van der Waals surface area contributed by atoms with Gasteiger partial charge in [0.1, 0.15) is 5.56 Å². The Morgan fingerprint density at radius 1 is 1.53 bits per heavy atom. The number of aliphatic hydroxyl groups is 1. The molecule has 0 aliphatic heterocycles. The molecule has 92 valence electrons. The largest absolute Gasteiger partial charge is 0.396 e. The number of carbonyl (C=O) groups excluding carboxylic acids is 1. The van der Waals surface area contributed by atoms with E-state index in [4.69, 9.17) is 5.11 Å². The summed E-state index contributed by atoms with van der Waals surface area (Å²) >= 11 is 0. The van der Waals surface area contributed by atoms with Crippen LogP contribution >= 0.6 is 0 Å². The van der Waals surface area contributed by atoms with Gasteiger partial charge < -0.3 is 15.4 Å². The summed E-state index contributed by atoms with van der Waals surface area (Å²) in [7, 11) is 0. The van der Waals surface area contributed by atoms with Gasteiger partial charge in [0.15, 0.2) is 0 Å². The van der Waals surface area contributed by atoms with E-state index in [0.717, 1.165) is 12.8 Å². The highest BCUT2D eigenvalue weighted by atomic mass is 16.3. The van der Waals surface area contributed by atoms with Crippen molar-refractivity contribution in [3.05, 3.63) is 34.2 Å². The third kappa shape index (κ3) is 2.74. The SMILES string of the molecule is O=C(NCC1(CCO)CC1)c1ccc[nH]c1=O. The summed E-state index contributed by atoms with van der Waals surface area (Å²) in [6.07, 6.45) is 4.25. The van der Waals surface area contributed by atoms with Gasteiger partial charge in [-0.05, 0) is 36.8 Å². The van der Waals surface area contributed by atoms with Crippen LogP contribution in [0.1, 0.15) is 29.6 Å². The van der Waals surface area contributed by atoms with E-state index in [9.17, 15) is 9.59 Å². The summed E-state index contributed by atoms with van der Waals surface area (Å²) < 4.78 is 0. The van der Waals surface area contributed by atoms with Gasteiger partial charge in [-0.3, -0.25) is 9.59 Å². The number of H-pyrrole nitrogens is 1. The van der Waals surface area contributed by atoms with E-state index in [2.05, 4.69) is 10.3 Å². The van der Waals surface area contributed by atoms with Crippen LogP contribution in [0.4, 0.5) is 0 Å². The van der Waals surface area contributed by atoms with Crippen LogP contribution in [0.15, 0.2) is 23.1 Å². The molecule has 1 aliphatic carbocycles.